The van der Waals surface area contributed by atoms with E-state index in [1.165, 1.54) is 31.2 Å². The van der Waals surface area contributed by atoms with Crippen molar-refractivity contribution in [3.05, 3.63) is 47.7 Å². The molecular weight excluding hydrogens is 704 g/mol. The predicted octanol–water partition coefficient (Wildman–Crippen LogP) is 7.73. The molecule has 5 unspecified atom stereocenters. The lowest BCUT2D eigenvalue weighted by atomic mass is 9.74. The number of anilines is 1. The summed E-state index contributed by atoms with van der Waals surface area (Å²) in [5.74, 6) is -0.805. The largest absolute Gasteiger partial charge is 0.508 e. The van der Waals surface area contributed by atoms with E-state index in [2.05, 4.69) is 9.88 Å². The molecular formula is C43H55F2N5O5. The van der Waals surface area contributed by atoms with Crippen molar-refractivity contribution < 1.29 is 33.2 Å². The number of pyridine rings is 1. The van der Waals surface area contributed by atoms with E-state index >= 15 is 8.78 Å². The van der Waals surface area contributed by atoms with Crippen LogP contribution in [0, 0.1) is 17.0 Å². The molecule has 55 heavy (non-hydrogen) atoms. The fraction of sp³-hybridized carbons (Fsp3) is 0.605. The molecule has 296 valence electrons. The van der Waals surface area contributed by atoms with E-state index in [1.54, 1.807) is 19.1 Å². The number of halogens is 2. The maximum atomic E-state index is 17.2. The van der Waals surface area contributed by atoms with Gasteiger partial charge in [0.2, 0.25) is 0 Å². The second kappa shape index (κ2) is 15.3. The summed E-state index contributed by atoms with van der Waals surface area (Å²) in [7, 11) is 0. The number of rotatable bonds is 7. The fourth-order valence-corrected chi connectivity index (χ4v) is 10.4. The molecule has 5 atom stereocenters. The van der Waals surface area contributed by atoms with Gasteiger partial charge in [-0.25, -0.2) is 8.78 Å². The standard InChI is InChI=1S/C41H49F2N5O5.C2H6/c1-3-29-32(42)10-7-24-16-26(49)19-30(34(24)29)36-35(43)37-31(20-44-36)38(47-14-15-51-22-40(2,50)21-47)46-39(45-37)52-23-41-11-4-6-33(41)48(13-5-12-41)25-17-27-8-9-28(18-25)53-27;1-2/h7,10,16,19-20,25,27-28,33,49-50H,3-6,8-9,11-15,17-18,21-23H2,1-2H3;1-2H3. The minimum Gasteiger partial charge on any atom is -0.508 e. The van der Waals surface area contributed by atoms with Gasteiger partial charge in [-0.05, 0) is 106 Å². The van der Waals surface area contributed by atoms with E-state index in [9.17, 15) is 10.2 Å². The summed E-state index contributed by atoms with van der Waals surface area (Å²) in [6.07, 6.45) is 12.7. The van der Waals surface area contributed by atoms with Crippen LogP contribution < -0.4 is 9.64 Å². The second-order valence-corrected chi connectivity index (χ2v) is 16.4. The van der Waals surface area contributed by atoms with Crippen LogP contribution in [-0.4, -0.2) is 99.4 Å². The molecule has 2 aromatic heterocycles. The molecule has 2 N–H and O–H groups in total. The van der Waals surface area contributed by atoms with Crippen LogP contribution >= 0.6 is 0 Å². The van der Waals surface area contributed by atoms with Crippen LogP contribution in [0.25, 0.3) is 32.9 Å². The van der Waals surface area contributed by atoms with Gasteiger partial charge >= 0.3 is 6.01 Å². The number of piperidine rings is 1. The Morgan fingerprint density at radius 2 is 1.80 bits per heavy atom. The summed E-state index contributed by atoms with van der Waals surface area (Å²) in [6.45, 7) is 10.2. The second-order valence-electron chi connectivity index (χ2n) is 16.4. The molecule has 0 spiro atoms. The van der Waals surface area contributed by atoms with Crippen LogP contribution in [0.2, 0.25) is 0 Å². The predicted molar refractivity (Wildman–Crippen MR) is 209 cm³/mol. The van der Waals surface area contributed by atoms with Crippen molar-refractivity contribution in [3.8, 4) is 23.0 Å². The molecule has 4 aromatic rings. The Morgan fingerprint density at radius 1 is 1.02 bits per heavy atom. The zero-order chi connectivity index (χ0) is 38.5. The average Bonchev–Trinajstić information content (AvgIpc) is 3.71. The third kappa shape index (κ3) is 7.13. The first-order valence-electron chi connectivity index (χ1n) is 20.5. The van der Waals surface area contributed by atoms with Gasteiger partial charge in [-0.15, -0.1) is 0 Å². The molecule has 2 bridgehead atoms. The van der Waals surface area contributed by atoms with E-state index in [4.69, 9.17) is 24.2 Å². The highest BCUT2D eigenvalue weighted by atomic mass is 19.1. The number of aryl methyl sites for hydroxylation is 1. The van der Waals surface area contributed by atoms with Crippen LogP contribution in [0.4, 0.5) is 14.6 Å². The molecule has 6 heterocycles. The van der Waals surface area contributed by atoms with Gasteiger partial charge in [0.1, 0.15) is 34.2 Å². The number of hydrogen-bond acceptors (Lipinski definition) is 10. The van der Waals surface area contributed by atoms with Gasteiger partial charge in [-0.1, -0.05) is 33.3 Å². The Bertz CT molecular complexity index is 2040. The maximum Gasteiger partial charge on any atom is 0.319 e. The van der Waals surface area contributed by atoms with Crippen LogP contribution in [0.3, 0.4) is 0 Å². The average molecular weight is 760 g/mol. The molecule has 9 rings (SSSR count). The SMILES string of the molecule is CC.CCc1c(F)ccc2cc(O)cc(-c3ncc4c(N5CCOCC(C)(O)C5)nc(OCC56CCCC5N(C5CC7CCC(C5)O7)CCC6)nc4c3F)c12. The molecule has 5 aliphatic rings. The van der Waals surface area contributed by atoms with Crippen LogP contribution in [0.15, 0.2) is 30.5 Å². The summed E-state index contributed by atoms with van der Waals surface area (Å²) in [6, 6.07) is 6.92. The number of aromatic hydroxyl groups is 1. The minimum atomic E-state index is -1.17. The summed E-state index contributed by atoms with van der Waals surface area (Å²) in [5, 5.41) is 23.3. The van der Waals surface area contributed by atoms with Crippen molar-refractivity contribution in [2.75, 3.05) is 44.4 Å². The minimum absolute atomic E-state index is 0.00850. The highest BCUT2D eigenvalue weighted by molar-refractivity contribution is 6.01. The van der Waals surface area contributed by atoms with Crippen molar-refractivity contribution in [2.45, 2.75) is 122 Å². The number of aliphatic hydroxyl groups is 1. The Kier molecular flexibility index (Phi) is 10.6. The molecule has 2 aromatic carbocycles. The molecule has 1 saturated carbocycles. The zero-order valence-electron chi connectivity index (χ0n) is 32.6. The first-order chi connectivity index (χ1) is 26.6. The lowest BCUT2D eigenvalue weighted by Gasteiger charge is -2.50. The Balaban J connectivity index is 0.00000210. The number of aromatic nitrogens is 3. The van der Waals surface area contributed by atoms with Gasteiger partial charge in [-0.3, -0.25) is 9.88 Å². The number of fused-ring (bicyclic) bond motifs is 5. The van der Waals surface area contributed by atoms with E-state index in [0.29, 0.717) is 78.0 Å². The van der Waals surface area contributed by atoms with E-state index in [1.807, 2.05) is 25.7 Å². The molecule has 4 saturated heterocycles. The van der Waals surface area contributed by atoms with Gasteiger partial charge < -0.3 is 29.3 Å². The molecule has 12 heteroatoms. The Hall–Kier alpha value is -3.71. The molecule has 10 nitrogen and oxygen atoms in total. The number of β-amino-alcohol motifs (C(OH)–C–C–N with tert-alkyl or cyclic N) is 1. The molecule has 4 aliphatic heterocycles. The highest BCUT2D eigenvalue weighted by Crippen LogP contribution is 2.50. The van der Waals surface area contributed by atoms with Gasteiger partial charge in [-0.2, -0.15) is 9.97 Å². The van der Waals surface area contributed by atoms with Crippen molar-refractivity contribution in [3.63, 3.8) is 0 Å². The van der Waals surface area contributed by atoms with Gasteiger partial charge in [0.25, 0.3) is 0 Å². The number of ether oxygens (including phenoxy) is 3. The number of hydrogen-bond donors (Lipinski definition) is 2. The summed E-state index contributed by atoms with van der Waals surface area (Å²) < 4.78 is 50.8. The molecule has 0 amide bonds. The third-order valence-electron chi connectivity index (χ3n) is 12.7. The van der Waals surface area contributed by atoms with Gasteiger partial charge in [0.15, 0.2) is 5.82 Å². The lowest BCUT2D eigenvalue weighted by molar-refractivity contribution is -0.0798. The first-order valence-corrected chi connectivity index (χ1v) is 20.5. The highest BCUT2D eigenvalue weighted by Gasteiger charge is 2.51. The first kappa shape index (κ1) is 38.2. The van der Waals surface area contributed by atoms with E-state index in [0.717, 1.165) is 51.5 Å². The van der Waals surface area contributed by atoms with Crippen LogP contribution in [0.1, 0.15) is 91.0 Å². The number of likely N-dealkylation sites (tertiary alicyclic amines) is 1. The molecule has 5 fully saturated rings. The number of phenols is 1. The fourth-order valence-electron chi connectivity index (χ4n) is 10.4. The van der Waals surface area contributed by atoms with Crippen molar-refractivity contribution in [2.24, 2.45) is 5.41 Å². The van der Waals surface area contributed by atoms with E-state index in [-0.39, 0.29) is 47.1 Å². The van der Waals surface area contributed by atoms with Gasteiger partial charge in [0, 0.05) is 35.8 Å². The monoisotopic (exact) mass is 759 g/mol. The summed E-state index contributed by atoms with van der Waals surface area (Å²) in [4.78, 5) is 18.9. The summed E-state index contributed by atoms with van der Waals surface area (Å²) >= 11 is 0. The Labute approximate surface area is 322 Å². The molecule has 0 radical (unpaired) electrons. The van der Waals surface area contributed by atoms with Gasteiger partial charge in [0.05, 0.1) is 44.0 Å². The topological polar surface area (TPSA) is 113 Å². The normalized spacial score (nSPS) is 29.5. The molecule has 1 aliphatic carbocycles. The van der Waals surface area contributed by atoms with Crippen molar-refractivity contribution in [1.82, 2.24) is 19.9 Å². The third-order valence-corrected chi connectivity index (χ3v) is 12.7. The number of benzene rings is 2. The number of nitrogens with zero attached hydrogens (tertiary/aromatic N) is 5. The zero-order valence-corrected chi connectivity index (χ0v) is 32.6. The quantitative estimate of drug-likeness (QED) is 0.194. The van der Waals surface area contributed by atoms with Crippen LogP contribution in [0.5, 0.6) is 11.8 Å². The Morgan fingerprint density at radius 3 is 2.58 bits per heavy atom. The van der Waals surface area contributed by atoms with E-state index < -0.39 is 17.2 Å². The summed E-state index contributed by atoms with van der Waals surface area (Å²) in [5.41, 5.74) is -0.582. The van der Waals surface area contributed by atoms with Crippen molar-refractivity contribution >= 4 is 27.5 Å². The lowest BCUT2D eigenvalue weighted by Crippen LogP contribution is -2.57. The maximum absolute atomic E-state index is 17.2. The number of phenolic OH excluding ortho intramolecular Hbond substituents is 1. The smallest absolute Gasteiger partial charge is 0.319 e. The van der Waals surface area contributed by atoms with Crippen molar-refractivity contribution in [1.29, 1.82) is 0 Å². The van der Waals surface area contributed by atoms with Crippen LogP contribution in [-0.2, 0) is 15.9 Å².